The third-order valence-electron chi connectivity index (χ3n) is 6.90. The lowest BCUT2D eigenvalue weighted by Crippen LogP contribution is -2.39. The highest BCUT2D eigenvalue weighted by atomic mass is 32.1. The summed E-state index contributed by atoms with van der Waals surface area (Å²) in [4.78, 5) is 36.7. The molecule has 8 nitrogen and oxygen atoms in total. The number of aromatic nitrogens is 2. The number of benzene rings is 2. The van der Waals surface area contributed by atoms with Crippen molar-refractivity contribution < 1.29 is 14.3 Å². The molecule has 0 saturated carbocycles. The van der Waals surface area contributed by atoms with Crippen LogP contribution >= 0.6 is 11.3 Å². The minimum absolute atomic E-state index is 0.0648. The SMILES string of the molecule is COc1ccc2nc(NC(=O)CCC(=O)Nc3ccc4nc(N5CC(C)CC(C)C5)cc(C)c4c3)sc2c1. The normalized spacial score (nSPS) is 17.5. The van der Waals surface area contributed by atoms with Gasteiger partial charge in [0.1, 0.15) is 11.6 Å². The molecule has 5 rings (SSSR count). The average Bonchev–Trinajstić information content (AvgIpc) is 3.28. The van der Waals surface area contributed by atoms with Crippen molar-refractivity contribution in [1.82, 2.24) is 9.97 Å². The van der Waals surface area contributed by atoms with Gasteiger partial charge in [-0.05, 0) is 73.2 Å². The fourth-order valence-corrected chi connectivity index (χ4v) is 6.09. The Bertz CT molecular complexity index is 1490. The Labute approximate surface area is 226 Å². The first-order chi connectivity index (χ1) is 18.3. The van der Waals surface area contributed by atoms with Crippen molar-refractivity contribution in [1.29, 1.82) is 0 Å². The number of pyridine rings is 1. The van der Waals surface area contributed by atoms with E-state index in [1.807, 2.05) is 36.4 Å². The van der Waals surface area contributed by atoms with E-state index >= 15 is 0 Å². The van der Waals surface area contributed by atoms with E-state index in [0.29, 0.717) is 22.7 Å². The molecule has 2 unspecified atom stereocenters. The number of fused-ring (bicyclic) bond motifs is 2. The number of amides is 2. The molecule has 2 aromatic carbocycles. The number of hydrogen-bond acceptors (Lipinski definition) is 7. The average molecular weight is 532 g/mol. The zero-order valence-electron chi connectivity index (χ0n) is 22.2. The van der Waals surface area contributed by atoms with Crippen LogP contribution in [0.25, 0.3) is 21.1 Å². The number of nitrogens with zero attached hydrogens (tertiary/aromatic N) is 3. The molecule has 2 atom stereocenters. The number of thiazole rings is 1. The smallest absolute Gasteiger partial charge is 0.226 e. The standard InChI is InChI=1S/C29H33N5O3S/c1-17-11-18(2)16-34(15-17)26-12-19(3)22-13-20(5-7-23(22)31-26)30-27(35)9-10-28(36)33-29-32-24-8-6-21(37-4)14-25(24)38-29/h5-8,12-14,17-18H,9-11,15-16H2,1-4H3,(H,30,35)(H,32,33,36). The Balaban J connectivity index is 1.18. The van der Waals surface area contributed by atoms with E-state index in [9.17, 15) is 9.59 Å². The molecule has 2 aromatic heterocycles. The van der Waals surface area contributed by atoms with Crippen molar-refractivity contribution in [3.63, 3.8) is 0 Å². The van der Waals surface area contributed by atoms with Crippen LogP contribution in [0.1, 0.15) is 38.7 Å². The summed E-state index contributed by atoms with van der Waals surface area (Å²) in [5, 5.41) is 7.23. The number of carbonyl (C=O) groups is 2. The van der Waals surface area contributed by atoms with E-state index in [-0.39, 0.29) is 24.7 Å². The summed E-state index contributed by atoms with van der Waals surface area (Å²) in [6.45, 7) is 8.73. The molecule has 1 aliphatic rings. The van der Waals surface area contributed by atoms with Gasteiger partial charge in [0.05, 0.1) is 22.8 Å². The van der Waals surface area contributed by atoms with Crippen LogP contribution in [-0.2, 0) is 9.59 Å². The molecule has 4 aromatic rings. The van der Waals surface area contributed by atoms with Crippen molar-refractivity contribution in [3.05, 3.63) is 48.0 Å². The van der Waals surface area contributed by atoms with Gasteiger partial charge in [0.2, 0.25) is 11.8 Å². The second-order valence-electron chi connectivity index (χ2n) is 10.3. The van der Waals surface area contributed by atoms with Crippen molar-refractivity contribution >= 4 is 60.9 Å². The van der Waals surface area contributed by atoms with E-state index in [4.69, 9.17) is 9.72 Å². The summed E-state index contributed by atoms with van der Waals surface area (Å²) in [6.07, 6.45) is 1.39. The molecule has 2 N–H and O–H groups in total. The van der Waals surface area contributed by atoms with Gasteiger partial charge in [-0.3, -0.25) is 9.59 Å². The molecule has 9 heteroatoms. The van der Waals surface area contributed by atoms with Gasteiger partial charge in [-0.25, -0.2) is 9.97 Å². The Kier molecular flexibility index (Phi) is 7.46. The maximum Gasteiger partial charge on any atom is 0.226 e. The Morgan fingerprint density at radius 3 is 2.42 bits per heavy atom. The summed E-state index contributed by atoms with van der Waals surface area (Å²) in [7, 11) is 1.61. The number of nitrogens with one attached hydrogen (secondary N) is 2. The van der Waals surface area contributed by atoms with E-state index in [0.717, 1.165) is 51.3 Å². The molecule has 0 bridgehead atoms. The molecule has 38 heavy (non-hydrogen) atoms. The van der Waals surface area contributed by atoms with Crippen molar-refractivity contribution in [2.45, 2.75) is 40.0 Å². The van der Waals surface area contributed by atoms with Crippen LogP contribution in [0.2, 0.25) is 0 Å². The number of carbonyl (C=O) groups excluding carboxylic acids is 2. The van der Waals surface area contributed by atoms with Crippen molar-refractivity contribution in [2.24, 2.45) is 11.8 Å². The first-order valence-electron chi connectivity index (χ1n) is 13.0. The maximum absolute atomic E-state index is 12.6. The topological polar surface area (TPSA) is 96.4 Å². The predicted octanol–water partition coefficient (Wildman–Crippen LogP) is 6.00. The van der Waals surface area contributed by atoms with E-state index in [1.165, 1.54) is 17.8 Å². The molecule has 0 aliphatic carbocycles. The summed E-state index contributed by atoms with van der Waals surface area (Å²) < 4.78 is 6.16. The highest BCUT2D eigenvalue weighted by Gasteiger charge is 2.23. The minimum Gasteiger partial charge on any atom is -0.497 e. The van der Waals surface area contributed by atoms with Crippen LogP contribution in [0.4, 0.5) is 16.6 Å². The summed E-state index contributed by atoms with van der Waals surface area (Å²) in [5.41, 5.74) is 3.52. The third kappa shape index (κ3) is 5.88. The lowest BCUT2D eigenvalue weighted by molar-refractivity contribution is -0.121. The van der Waals surface area contributed by atoms with Crippen LogP contribution < -0.4 is 20.3 Å². The number of anilines is 3. The number of aryl methyl sites for hydroxylation is 1. The molecule has 1 saturated heterocycles. The predicted molar refractivity (Wildman–Crippen MR) is 154 cm³/mol. The van der Waals surface area contributed by atoms with E-state index < -0.39 is 0 Å². The maximum atomic E-state index is 12.6. The molecular weight excluding hydrogens is 498 g/mol. The molecule has 198 valence electrons. The van der Waals surface area contributed by atoms with Gasteiger partial charge in [-0.15, -0.1) is 0 Å². The molecule has 3 heterocycles. The lowest BCUT2D eigenvalue weighted by Gasteiger charge is -2.36. The van der Waals surface area contributed by atoms with Crippen molar-refractivity contribution in [3.8, 4) is 5.75 Å². The zero-order valence-corrected chi connectivity index (χ0v) is 23.0. The van der Waals surface area contributed by atoms with Gasteiger partial charge in [0.15, 0.2) is 5.13 Å². The van der Waals surface area contributed by atoms with Crippen LogP contribution in [0.3, 0.4) is 0 Å². The highest BCUT2D eigenvalue weighted by molar-refractivity contribution is 7.22. The van der Waals surface area contributed by atoms with Gasteiger partial charge in [-0.2, -0.15) is 0 Å². The second kappa shape index (κ2) is 10.9. The molecule has 1 aliphatic heterocycles. The quantitative estimate of drug-likeness (QED) is 0.304. The lowest BCUT2D eigenvalue weighted by atomic mass is 9.92. The Morgan fingerprint density at radius 2 is 1.68 bits per heavy atom. The fourth-order valence-electron chi connectivity index (χ4n) is 5.18. The van der Waals surface area contributed by atoms with Gasteiger partial charge in [0, 0.05) is 37.0 Å². The minimum atomic E-state index is -0.251. The van der Waals surface area contributed by atoms with Gasteiger partial charge in [-0.1, -0.05) is 25.2 Å². The number of methoxy groups -OCH3 is 1. The largest absolute Gasteiger partial charge is 0.497 e. The van der Waals surface area contributed by atoms with E-state index in [1.54, 1.807) is 7.11 Å². The van der Waals surface area contributed by atoms with Gasteiger partial charge in [0.25, 0.3) is 0 Å². The molecule has 2 amide bonds. The number of ether oxygens (including phenoxy) is 1. The van der Waals surface area contributed by atoms with Crippen LogP contribution in [0.15, 0.2) is 42.5 Å². The first-order valence-corrected chi connectivity index (χ1v) is 13.8. The first kappa shape index (κ1) is 25.9. The molecule has 0 radical (unpaired) electrons. The number of hydrogen-bond donors (Lipinski definition) is 2. The van der Waals surface area contributed by atoms with Gasteiger partial charge >= 0.3 is 0 Å². The van der Waals surface area contributed by atoms with E-state index in [2.05, 4.69) is 47.4 Å². The summed E-state index contributed by atoms with van der Waals surface area (Å²) in [6, 6.07) is 13.5. The van der Waals surface area contributed by atoms with Gasteiger partial charge < -0.3 is 20.3 Å². The highest BCUT2D eigenvalue weighted by Crippen LogP contribution is 2.31. The molecular formula is C29H33N5O3S. The fraction of sp³-hybridized carbons (Fsp3) is 0.379. The van der Waals surface area contributed by atoms with Crippen LogP contribution in [0.5, 0.6) is 5.75 Å². The molecule has 1 fully saturated rings. The Hall–Kier alpha value is -3.72. The van der Waals surface area contributed by atoms with Crippen LogP contribution in [-0.4, -0.2) is 42.0 Å². The molecule has 0 spiro atoms. The monoisotopic (exact) mass is 531 g/mol. The summed E-state index contributed by atoms with van der Waals surface area (Å²) in [5.74, 6) is 2.60. The Morgan fingerprint density at radius 1 is 0.974 bits per heavy atom. The number of piperidine rings is 1. The number of rotatable bonds is 7. The zero-order chi connectivity index (χ0) is 26.8. The second-order valence-corrected chi connectivity index (χ2v) is 11.4. The van der Waals surface area contributed by atoms with Crippen LogP contribution in [0, 0.1) is 18.8 Å². The van der Waals surface area contributed by atoms with Crippen molar-refractivity contribution in [2.75, 3.05) is 35.7 Å². The third-order valence-corrected chi connectivity index (χ3v) is 7.83. The summed E-state index contributed by atoms with van der Waals surface area (Å²) >= 11 is 1.37.